The Morgan fingerprint density at radius 3 is 2.61 bits per heavy atom. The Kier molecular flexibility index (Phi) is 7.51. The highest BCUT2D eigenvalue weighted by molar-refractivity contribution is 7.98. The maximum atomic E-state index is 12.8. The van der Waals surface area contributed by atoms with E-state index in [4.69, 9.17) is 4.74 Å². The SMILES string of the molecule is CSc1ncccc1C(=O)N[C@@H](CC(=O)OC(C)C)c1ccccc1[N+](=O)[O-]. The molecule has 1 amide bonds. The lowest BCUT2D eigenvalue weighted by Gasteiger charge is -2.20. The molecule has 2 rings (SSSR count). The van der Waals surface area contributed by atoms with Crippen molar-refractivity contribution in [3.63, 3.8) is 0 Å². The quantitative estimate of drug-likeness (QED) is 0.311. The summed E-state index contributed by atoms with van der Waals surface area (Å²) >= 11 is 1.31. The Hall–Kier alpha value is -2.94. The number of benzene rings is 1. The topological polar surface area (TPSA) is 111 Å². The van der Waals surface area contributed by atoms with Gasteiger partial charge < -0.3 is 10.1 Å². The number of hydrogen-bond donors (Lipinski definition) is 1. The van der Waals surface area contributed by atoms with Crippen LogP contribution in [-0.4, -0.2) is 34.1 Å². The molecule has 1 N–H and O–H groups in total. The molecule has 0 aliphatic heterocycles. The number of amides is 1. The molecule has 0 aliphatic carbocycles. The van der Waals surface area contributed by atoms with Crippen molar-refractivity contribution in [2.75, 3.05) is 6.26 Å². The predicted molar refractivity (Wildman–Crippen MR) is 105 cm³/mol. The molecule has 28 heavy (non-hydrogen) atoms. The summed E-state index contributed by atoms with van der Waals surface area (Å²) in [6.07, 6.45) is 2.79. The van der Waals surface area contributed by atoms with Gasteiger partial charge in [0.05, 0.1) is 34.6 Å². The van der Waals surface area contributed by atoms with Gasteiger partial charge in [0, 0.05) is 12.3 Å². The number of nitrogens with one attached hydrogen (secondary N) is 1. The van der Waals surface area contributed by atoms with E-state index < -0.39 is 22.8 Å². The van der Waals surface area contributed by atoms with Crippen molar-refractivity contribution >= 4 is 29.3 Å². The van der Waals surface area contributed by atoms with Gasteiger partial charge in [-0.25, -0.2) is 4.98 Å². The highest BCUT2D eigenvalue weighted by Crippen LogP contribution is 2.28. The fraction of sp³-hybridized carbons (Fsp3) is 0.316. The molecule has 8 nitrogen and oxygen atoms in total. The van der Waals surface area contributed by atoms with Crippen LogP contribution in [0.15, 0.2) is 47.6 Å². The summed E-state index contributed by atoms with van der Waals surface area (Å²) < 4.78 is 5.16. The average Bonchev–Trinajstić information content (AvgIpc) is 2.66. The molecular formula is C19H21N3O5S. The maximum absolute atomic E-state index is 12.8. The smallest absolute Gasteiger partial charge is 0.308 e. The minimum atomic E-state index is -0.921. The summed E-state index contributed by atoms with van der Waals surface area (Å²) in [5.74, 6) is -1.03. The monoisotopic (exact) mass is 403 g/mol. The first-order valence-corrected chi connectivity index (χ1v) is 9.78. The highest BCUT2D eigenvalue weighted by atomic mass is 32.2. The lowest BCUT2D eigenvalue weighted by Crippen LogP contribution is -2.32. The van der Waals surface area contributed by atoms with E-state index in [1.165, 1.54) is 30.0 Å². The number of aromatic nitrogens is 1. The summed E-state index contributed by atoms with van der Waals surface area (Å²) in [4.78, 5) is 40.0. The van der Waals surface area contributed by atoms with Crippen molar-refractivity contribution in [3.8, 4) is 0 Å². The molecule has 0 radical (unpaired) electrons. The molecule has 0 saturated carbocycles. The van der Waals surface area contributed by atoms with Crippen molar-refractivity contribution in [3.05, 3.63) is 63.8 Å². The Morgan fingerprint density at radius 2 is 1.96 bits per heavy atom. The fourth-order valence-corrected chi connectivity index (χ4v) is 3.17. The van der Waals surface area contributed by atoms with E-state index in [-0.39, 0.29) is 23.8 Å². The van der Waals surface area contributed by atoms with Crippen molar-refractivity contribution in [1.82, 2.24) is 10.3 Å². The standard InChI is InChI=1S/C19H21N3O5S/c1-12(2)27-17(23)11-15(13-7-4-5-9-16(13)22(25)26)21-18(24)14-8-6-10-20-19(14)28-3/h4-10,12,15H,11H2,1-3H3,(H,21,24)/t15-/m0/s1. The number of nitro groups is 1. The van der Waals surface area contributed by atoms with Gasteiger partial charge in [-0.1, -0.05) is 18.2 Å². The van der Waals surface area contributed by atoms with Crippen LogP contribution >= 0.6 is 11.8 Å². The average molecular weight is 403 g/mol. The van der Waals surface area contributed by atoms with Gasteiger partial charge in [-0.2, -0.15) is 0 Å². The van der Waals surface area contributed by atoms with Gasteiger partial charge in [-0.05, 0) is 32.2 Å². The number of hydrogen-bond acceptors (Lipinski definition) is 7. The molecule has 9 heteroatoms. The van der Waals surface area contributed by atoms with E-state index in [0.717, 1.165) is 0 Å². The molecule has 0 bridgehead atoms. The summed E-state index contributed by atoms with van der Waals surface area (Å²) in [5, 5.41) is 14.7. The largest absolute Gasteiger partial charge is 0.463 e. The first-order valence-electron chi connectivity index (χ1n) is 8.56. The third-order valence-corrected chi connectivity index (χ3v) is 4.47. The summed E-state index contributed by atoms with van der Waals surface area (Å²) in [6.45, 7) is 3.41. The Labute approximate surface area is 166 Å². The molecule has 0 unspecified atom stereocenters. The second kappa shape index (κ2) is 9.84. The first-order chi connectivity index (χ1) is 13.3. The van der Waals surface area contributed by atoms with Gasteiger partial charge in [0.1, 0.15) is 5.03 Å². The van der Waals surface area contributed by atoms with Crippen LogP contribution in [0, 0.1) is 10.1 Å². The molecule has 1 aromatic carbocycles. The number of carbonyl (C=O) groups excluding carboxylic acids is 2. The minimum Gasteiger partial charge on any atom is -0.463 e. The second-order valence-corrected chi connectivity index (χ2v) is 6.94. The molecule has 1 aromatic heterocycles. The number of nitrogens with zero attached hydrogens (tertiary/aromatic N) is 2. The van der Waals surface area contributed by atoms with Gasteiger partial charge in [0.15, 0.2) is 0 Å². The molecule has 0 fully saturated rings. The molecule has 2 aromatic rings. The molecular weight excluding hydrogens is 382 g/mol. The molecule has 0 spiro atoms. The minimum absolute atomic E-state index is 0.179. The Morgan fingerprint density at radius 1 is 1.25 bits per heavy atom. The van der Waals surface area contributed by atoms with Crippen LogP contribution in [0.2, 0.25) is 0 Å². The van der Waals surface area contributed by atoms with E-state index in [9.17, 15) is 19.7 Å². The number of ether oxygens (including phenoxy) is 1. The third kappa shape index (κ3) is 5.53. The van der Waals surface area contributed by atoms with Crippen molar-refractivity contribution in [2.24, 2.45) is 0 Å². The molecule has 0 aliphatic rings. The summed E-state index contributed by atoms with van der Waals surface area (Å²) in [5.41, 5.74) is 0.383. The molecule has 0 saturated heterocycles. The van der Waals surface area contributed by atoms with Crippen LogP contribution in [0.4, 0.5) is 5.69 Å². The number of nitro benzene ring substituents is 1. The van der Waals surface area contributed by atoms with Crippen molar-refractivity contribution < 1.29 is 19.2 Å². The number of esters is 1. The molecule has 148 valence electrons. The first kappa shape index (κ1) is 21.4. The zero-order valence-corrected chi connectivity index (χ0v) is 16.6. The van der Waals surface area contributed by atoms with E-state index in [1.807, 2.05) is 0 Å². The van der Waals surface area contributed by atoms with Crippen LogP contribution in [0.1, 0.15) is 42.2 Å². The van der Waals surface area contributed by atoms with Gasteiger partial charge in [-0.3, -0.25) is 19.7 Å². The fourth-order valence-electron chi connectivity index (χ4n) is 2.63. The number of thioether (sulfide) groups is 1. The van der Waals surface area contributed by atoms with E-state index in [0.29, 0.717) is 10.6 Å². The van der Waals surface area contributed by atoms with Crippen LogP contribution in [0.25, 0.3) is 0 Å². The van der Waals surface area contributed by atoms with Gasteiger partial charge in [-0.15, -0.1) is 11.8 Å². The van der Waals surface area contributed by atoms with Crippen LogP contribution < -0.4 is 5.32 Å². The zero-order chi connectivity index (χ0) is 20.7. The van der Waals surface area contributed by atoms with Crippen molar-refractivity contribution in [1.29, 1.82) is 0 Å². The maximum Gasteiger partial charge on any atom is 0.308 e. The van der Waals surface area contributed by atoms with E-state index >= 15 is 0 Å². The summed E-state index contributed by atoms with van der Waals surface area (Å²) in [6, 6.07) is 8.31. The zero-order valence-electron chi connectivity index (χ0n) is 15.7. The van der Waals surface area contributed by atoms with E-state index in [1.54, 1.807) is 44.5 Å². The molecule has 1 heterocycles. The number of pyridine rings is 1. The number of carbonyl (C=O) groups is 2. The van der Waals surface area contributed by atoms with Crippen LogP contribution in [0.3, 0.4) is 0 Å². The van der Waals surface area contributed by atoms with Crippen molar-refractivity contribution in [2.45, 2.75) is 37.4 Å². The van der Waals surface area contributed by atoms with Gasteiger partial charge >= 0.3 is 5.97 Å². The highest BCUT2D eigenvalue weighted by Gasteiger charge is 2.27. The van der Waals surface area contributed by atoms with Crippen LogP contribution in [0.5, 0.6) is 0 Å². The second-order valence-electron chi connectivity index (χ2n) is 6.14. The van der Waals surface area contributed by atoms with Gasteiger partial charge in [0.2, 0.25) is 0 Å². The summed E-state index contributed by atoms with van der Waals surface area (Å²) in [7, 11) is 0. The lowest BCUT2D eigenvalue weighted by molar-refractivity contribution is -0.385. The Balaban J connectivity index is 2.37. The normalized spacial score (nSPS) is 11.7. The Bertz CT molecular complexity index is 872. The lowest BCUT2D eigenvalue weighted by atomic mass is 10.0. The van der Waals surface area contributed by atoms with Gasteiger partial charge in [0.25, 0.3) is 11.6 Å². The van der Waals surface area contributed by atoms with Crippen LogP contribution in [-0.2, 0) is 9.53 Å². The predicted octanol–water partition coefficient (Wildman–Crippen LogP) is 3.52. The third-order valence-electron chi connectivity index (χ3n) is 3.76. The number of rotatable bonds is 8. The molecule has 1 atom stereocenters. The number of para-hydroxylation sites is 1. The van der Waals surface area contributed by atoms with E-state index in [2.05, 4.69) is 10.3 Å².